The maximum absolute atomic E-state index is 11.6. The number of carbonyl (C=O) groups is 1. The monoisotopic (exact) mass is 222 g/mol. The van der Waals surface area contributed by atoms with Crippen LogP contribution in [-0.4, -0.2) is 30.5 Å². The van der Waals surface area contributed by atoms with Crippen molar-refractivity contribution in [2.24, 2.45) is 0 Å². The van der Waals surface area contributed by atoms with Crippen LogP contribution in [-0.2, 0) is 4.79 Å². The minimum Gasteiger partial charge on any atom is -0.482 e. The smallest absolute Gasteiger partial charge is 0.260 e. The predicted octanol–water partition coefficient (Wildman–Crippen LogP) is 1.51. The van der Waals surface area contributed by atoms with E-state index in [1.807, 2.05) is 26.0 Å². The van der Waals surface area contributed by atoms with Gasteiger partial charge in [0, 0.05) is 13.1 Å². The van der Waals surface area contributed by atoms with Crippen molar-refractivity contribution in [1.29, 1.82) is 0 Å². The first-order chi connectivity index (χ1) is 7.52. The SMILES string of the molecule is CC(C)N(C)C(=O)COc1ccccc1N. The summed E-state index contributed by atoms with van der Waals surface area (Å²) >= 11 is 0. The summed E-state index contributed by atoms with van der Waals surface area (Å²) in [4.78, 5) is 13.3. The summed E-state index contributed by atoms with van der Waals surface area (Å²) in [5.41, 5.74) is 6.24. The van der Waals surface area contributed by atoms with Crippen LogP contribution in [0.4, 0.5) is 5.69 Å². The molecule has 0 saturated heterocycles. The number of carbonyl (C=O) groups excluding carboxylic acids is 1. The number of para-hydroxylation sites is 2. The number of hydrogen-bond acceptors (Lipinski definition) is 3. The number of amides is 1. The quantitative estimate of drug-likeness (QED) is 0.786. The predicted molar refractivity (Wildman–Crippen MR) is 64.3 cm³/mol. The Bertz CT molecular complexity index is 364. The molecule has 0 radical (unpaired) electrons. The molecular weight excluding hydrogens is 204 g/mol. The number of anilines is 1. The second kappa shape index (κ2) is 5.39. The molecular formula is C12H18N2O2. The molecule has 0 atom stereocenters. The molecule has 0 saturated carbocycles. The molecule has 2 N–H and O–H groups in total. The average molecular weight is 222 g/mol. The standard InChI is InChI=1S/C12H18N2O2/c1-9(2)14(3)12(15)8-16-11-7-5-4-6-10(11)13/h4-7,9H,8,13H2,1-3H3. The Balaban J connectivity index is 2.52. The van der Waals surface area contributed by atoms with Crippen LogP contribution >= 0.6 is 0 Å². The molecule has 0 heterocycles. The lowest BCUT2D eigenvalue weighted by Crippen LogP contribution is -2.36. The van der Waals surface area contributed by atoms with Gasteiger partial charge in [0.2, 0.25) is 0 Å². The molecule has 1 rings (SSSR count). The molecule has 0 unspecified atom stereocenters. The summed E-state index contributed by atoms with van der Waals surface area (Å²) in [7, 11) is 1.75. The van der Waals surface area contributed by atoms with E-state index in [9.17, 15) is 4.79 Å². The molecule has 0 fully saturated rings. The first kappa shape index (κ1) is 12.4. The number of rotatable bonds is 4. The molecule has 4 nitrogen and oxygen atoms in total. The Morgan fingerprint density at radius 2 is 2.06 bits per heavy atom. The number of nitrogens with zero attached hydrogens (tertiary/aromatic N) is 1. The third kappa shape index (κ3) is 3.15. The summed E-state index contributed by atoms with van der Waals surface area (Å²) in [6, 6.07) is 7.31. The molecule has 1 aromatic rings. The highest BCUT2D eigenvalue weighted by Crippen LogP contribution is 2.19. The van der Waals surface area contributed by atoms with E-state index in [4.69, 9.17) is 10.5 Å². The van der Waals surface area contributed by atoms with E-state index < -0.39 is 0 Å². The lowest BCUT2D eigenvalue weighted by molar-refractivity contribution is -0.133. The minimum atomic E-state index is -0.0572. The Morgan fingerprint density at radius 1 is 1.44 bits per heavy atom. The van der Waals surface area contributed by atoms with Crippen LogP contribution in [0.1, 0.15) is 13.8 Å². The molecule has 1 aromatic carbocycles. The average Bonchev–Trinajstić information content (AvgIpc) is 2.26. The Labute approximate surface area is 96.0 Å². The summed E-state index contributed by atoms with van der Waals surface area (Å²) < 4.78 is 5.35. The van der Waals surface area contributed by atoms with Gasteiger partial charge in [-0.2, -0.15) is 0 Å². The fourth-order valence-corrected chi connectivity index (χ4v) is 1.14. The van der Waals surface area contributed by atoms with Crippen LogP contribution in [0.5, 0.6) is 5.75 Å². The molecule has 0 aliphatic carbocycles. The maximum Gasteiger partial charge on any atom is 0.260 e. The number of hydrogen-bond donors (Lipinski definition) is 1. The molecule has 0 bridgehead atoms. The lowest BCUT2D eigenvalue weighted by atomic mass is 10.3. The fraction of sp³-hybridized carbons (Fsp3) is 0.417. The summed E-state index contributed by atoms with van der Waals surface area (Å²) in [5.74, 6) is 0.492. The Morgan fingerprint density at radius 3 is 2.62 bits per heavy atom. The second-order valence-corrected chi connectivity index (χ2v) is 3.92. The zero-order chi connectivity index (χ0) is 12.1. The van der Waals surface area contributed by atoms with Gasteiger partial charge in [0.1, 0.15) is 5.75 Å². The molecule has 1 amide bonds. The minimum absolute atomic E-state index is 0.0168. The van der Waals surface area contributed by atoms with Crippen molar-refractivity contribution in [3.05, 3.63) is 24.3 Å². The van der Waals surface area contributed by atoms with E-state index in [2.05, 4.69) is 0 Å². The van der Waals surface area contributed by atoms with E-state index in [0.717, 1.165) is 0 Å². The van der Waals surface area contributed by atoms with Crippen molar-refractivity contribution in [1.82, 2.24) is 4.90 Å². The lowest BCUT2D eigenvalue weighted by Gasteiger charge is -2.21. The van der Waals surface area contributed by atoms with Gasteiger partial charge in [-0.3, -0.25) is 4.79 Å². The highest BCUT2D eigenvalue weighted by molar-refractivity contribution is 5.78. The van der Waals surface area contributed by atoms with E-state index in [1.54, 1.807) is 24.1 Å². The van der Waals surface area contributed by atoms with Crippen molar-refractivity contribution in [3.63, 3.8) is 0 Å². The Kier molecular flexibility index (Phi) is 4.17. The molecule has 0 aromatic heterocycles. The number of likely N-dealkylation sites (N-methyl/N-ethyl adjacent to an activating group) is 1. The third-order valence-electron chi connectivity index (χ3n) is 2.44. The van der Waals surface area contributed by atoms with Gasteiger partial charge in [-0.1, -0.05) is 12.1 Å². The van der Waals surface area contributed by atoms with Crippen molar-refractivity contribution < 1.29 is 9.53 Å². The van der Waals surface area contributed by atoms with E-state index in [0.29, 0.717) is 11.4 Å². The van der Waals surface area contributed by atoms with E-state index in [1.165, 1.54) is 0 Å². The van der Waals surface area contributed by atoms with Gasteiger partial charge in [0.15, 0.2) is 6.61 Å². The van der Waals surface area contributed by atoms with Gasteiger partial charge >= 0.3 is 0 Å². The number of benzene rings is 1. The molecule has 4 heteroatoms. The first-order valence-corrected chi connectivity index (χ1v) is 5.25. The van der Waals surface area contributed by atoms with Crippen molar-refractivity contribution in [2.75, 3.05) is 19.4 Å². The molecule has 88 valence electrons. The van der Waals surface area contributed by atoms with Gasteiger partial charge in [-0.15, -0.1) is 0 Å². The molecule has 0 spiro atoms. The maximum atomic E-state index is 11.6. The van der Waals surface area contributed by atoms with Gasteiger partial charge in [-0.25, -0.2) is 0 Å². The zero-order valence-corrected chi connectivity index (χ0v) is 9.93. The van der Waals surface area contributed by atoms with E-state index >= 15 is 0 Å². The van der Waals surface area contributed by atoms with Crippen molar-refractivity contribution >= 4 is 11.6 Å². The number of nitrogen functional groups attached to an aromatic ring is 1. The highest BCUT2D eigenvalue weighted by Gasteiger charge is 2.12. The van der Waals surface area contributed by atoms with Crippen LogP contribution in [0.3, 0.4) is 0 Å². The van der Waals surface area contributed by atoms with Gasteiger partial charge < -0.3 is 15.4 Å². The molecule has 0 aliphatic heterocycles. The van der Waals surface area contributed by atoms with Crippen LogP contribution in [0, 0.1) is 0 Å². The normalized spacial score (nSPS) is 10.2. The summed E-state index contributed by atoms with van der Waals surface area (Å²) in [5, 5.41) is 0. The third-order valence-corrected chi connectivity index (χ3v) is 2.44. The molecule has 0 aliphatic rings. The van der Waals surface area contributed by atoms with Crippen LogP contribution in [0.25, 0.3) is 0 Å². The van der Waals surface area contributed by atoms with Gasteiger partial charge in [0.25, 0.3) is 5.91 Å². The van der Waals surface area contributed by atoms with Gasteiger partial charge in [0.05, 0.1) is 5.69 Å². The topological polar surface area (TPSA) is 55.6 Å². The largest absolute Gasteiger partial charge is 0.482 e. The molecule has 16 heavy (non-hydrogen) atoms. The first-order valence-electron chi connectivity index (χ1n) is 5.25. The fourth-order valence-electron chi connectivity index (χ4n) is 1.14. The van der Waals surface area contributed by atoms with Gasteiger partial charge in [-0.05, 0) is 26.0 Å². The van der Waals surface area contributed by atoms with Crippen LogP contribution in [0.15, 0.2) is 24.3 Å². The number of nitrogens with two attached hydrogens (primary N) is 1. The number of ether oxygens (including phenoxy) is 1. The summed E-state index contributed by atoms with van der Waals surface area (Å²) in [6.07, 6.45) is 0. The Hall–Kier alpha value is -1.71. The van der Waals surface area contributed by atoms with Crippen molar-refractivity contribution in [3.8, 4) is 5.75 Å². The zero-order valence-electron chi connectivity index (χ0n) is 9.93. The highest BCUT2D eigenvalue weighted by atomic mass is 16.5. The van der Waals surface area contributed by atoms with Crippen LogP contribution in [0.2, 0.25) is 0 Å². The van der Waals surface area contributed by atoms with Crippen LogP contribution < -0.4 is 10.5 Å². The summed E-state index contributed by atoms with van der Waals surface area (Å²) in [6.45, 7) is 3.92. The van der Waals surface area contributed by atoms with E-state index in [-0.39, 0.29) is 18.6 Å². The second-order valence-electron chi connectivity index (χ2n) is 3.92. The van der Waals surface area contributed by atoms with Crippen molar-refractivity contribution in [2.45, 2.75) is 19.9 Å².